The summed E-state index contributed by atoms with van der Waals surface area (Å²) in [7, 11) is 0. The molecule has 5 rings (SSSR count). The first kappa shape index (κ1) is 26.0. The molecule has 2 amide bonds. The summed E-state index contributed by atoms with van der Waals surface area (Å²) in [6.45, 7) is 6.75. The third-order valence-corrected chi connectivity index (χ3v) is 7.89. The predicted octanol–water partition coefficient (Wildman–Crippen LogP) is 8.49. The number of fused-ring (bicyclic) bond motifs is 1. The summed E-state index contributed by atoms with van der Waals surface area (Å²) in [4.78, 5) is 25.5. The number of hydrogen-bond acceptors (Lipinski definition) is 2. The summed E-state index contributed by atoms with van der Waals surface area (Å²) in [6, 6.07) is 27.8. The van der Waals surface area contributed by atoms with Gasteiger partial charge in [-0.15, -0.1) is 0 Å². The van der Waals surface area contributed by atoms with Crippen LogP contribution in [0.15, 0.2) is 91.0 Å². The van der Waals surface area contributed by atoms with Crippen molar-refractivity contribution >= 4 is 46.4 Å². The third kappa shape index (κ3) is 5.07. The van der Waals surface area contributed by atoms with Crippen LogP contribution in [0, 0.1) is 0 Å². The Morgan fingerprint density at radius 2 is 1.11 bits per heavy atom. The van der Waals surface area contributed by atoms with Crippen molar-refractivity contribution in [2.45, 2.75) is 38.0 Å². The maximum Gasteiger partial charge on any atom is 0.255 e. The molecule has 4 aromatic rings. The Labute approximate surface area is 233 Å². The second kappa shape index (κ2) is 9.94. The van der Waals surface area contributed by atoms with Crippen LogP contribution >= 0.6 is 23.2 Å². The van der Waals surface area contributed by atoms with E-state index in [4.69, 9.17) is 23.2 Å². The van der Waals surface area contributed by atoms with Crippen molar-refractivity contribution in [3.8, 4) is 0 Å². The highest BCUT2D eigenvalue weighted by Crippen LogP contribution is 2.53. The SMILES string of the molecule is CC1(C)CC(C)(c2ccc(NC(=O)c3ccc(Cl)cc3)cc2)c2cc(NC(=O)c3ccc(Cl)cc3)ccc21. The summed E-state index contributed by atoms with van der Waals surface area (Å²) < 4.78 is 0. The quantitative estimate of drug-likeness (QED) is 0.265. The molecule has 38 heavy (non-hydrogen) atoms. The molecule has 0 aliphatic heterocycles. The van der Waals surface area contributed by atoms with Gasteiger partial charge in [-0.1, -0.05) is 62.2 Å². The first-order chi connectivity index (χ1) is 18.0. The Bertz CT molecular complexity index is 1510. The number of nitrogens with one attached hydrogen (secondary N) is 2. The van der Waals surface area contributed by atoms with Crippen LogP contribution in [0.25, 0.3) is 0 Å². The van der Waals surface area contributed by atoms with Gasteiger partial charge >= 0.3 is 0 Å². The van der Waals surface area contributed by atoms with E-state index in [0.29, 0.717) is 21.2 Å². The van der Waals surface area contributed by atoms with E-state index in [-0.39, 0.29) is 22.6 Å². The Morgan fingerprint density at radius 3 is 1.63 bits per heavy atom. The normalized spacial score (nSPS) is 17.5. The van der Waals surface area contributed by atoms with Gasteiger partial charge in [0.15, 0.2) is 0 Å². The van der Waals surface area contributed by atoms with Crippen LogP contribution in [0.1, 0.15) is 64.6 Å². The zero-order valence-electron chi connectivity index (χ0n) is 21.4. The third-order valence-electron chi connectivity index (χ3n) is 7.39. The molecule has 0 aromatic heterocycles. The number of carbonyl (C=O) groups is 2. The molecule has 1 unspecified atom stereocenters. The average Bonchev–Trinajstić information content (AvgIpc) is 3.10. The lowest BCUT2D eigenvalue weighted by molar-refractivity contribution is 0.101. The van der Waals surface area contributed by atoms with Crippen molar-refractivity contribution in [1.82, 2.24) is 0 Å². The van der Waals surface area contributed by atoms with E-state index in [0.717, 1.165) is 23.4 Å². The zero-order chi connectivity index (χ0) is 27.1. The van der Waals surface area contributed by atoms with Gasteiger partial charge in [-0.05, 0) is 101 Å². The van der Waals surface area contributed by atoms with Crippen molar-refractivity contribution in [2.75, 3.05) is 10.6 Å². The fourth-order valence-corrected chi connectivity index (χ4v) is 5.78. The number of halogens is 2. The van der Waals surface area contributed by atoms with E-state index in [1.165, 1.54) is 11.1 Å². The Morgan fingerprint density at radius 1 is 0.632 bits per heavy atom. The van der Waals surface area contributed by atoms with Gasteiger partial charge < -0.3 is 10.6 Å². The van der Waals surface area contributed by atoms with Gasteiger partial charge in [-0.2, -0.15) is 0 Å². The fourth-order valence-electron chi connectivity index (χ4n) is 5.53. The number of benzene rings is 4. The average molecular weight is 543 g/mol. The molecule has 0 bridgehead atoms. The molecule has 6 heteroatoms. The maximum absolute atomic E-state index is 12.8. The first-order valence-electron chi connectivity index (χ1n) is 12.4. The van der Waals surface area contributed by atoms with Gasteiger partial charge in [0, 0.05) is 38.0 Å². The smallest absolute Gasteiger partial charge is 0.255 e. The predicted molar refractivity (Wildman–Crippen MR) is 156 cm³/mol. The fraction of sp³-hybridized carbons (Fsp3) is 0.188. The van der Waals surface area contributed by atoms with E-state index in [1.54, 1.807) is 48.5 Å². The number of anilines is 2. The number of hydrogen-bond donors (Lipinski definition) is 2. The van der Waals surface area contributed by atoms with Crippen molar-refractivity contribution in [1.29, 1.82) is 0 Å². The minimum Gasteiger partial charge on any atom is -0.322 e. The summed E-state index contributed by atoms with van der Waals surface area (Å²) in [5, 5.41) is 7.17. The summed E-state index contributed by atoms with van der Waals surface area (Å²) in [5.41, 5.74) is 5.87. The maximum atomic E-state index is 12.8. The molecule has 1 aliphatic rings. The Balaban J connectivity index is 1.40. The first-order valence-corrected chi connectivity index (χ1v) is 13.2. The van der Waals surface area contributed by atoms with Crippen LogP contribution in [-0.2, 0) is 10.8 Å². The Hall–Kier alpha value is -3.60. The number of carbonyl (C=O) groups excluding carboxylic acids is 2. The highest BCUT2D eigenvalue weighted by Gasteiger charge is 2.45. The monoisotopic (exact) mass is 542 g/mol. The molecule has 0 spiro atoms. The lowest BCUT2D eigenvalue weighted by Crippen LogP contribution is -2.23. The van der Waals surface area contributed by atoms with Crippen LogP contribution in [0.2, 0.25) is 10.0 Å². The van der Waals surface area contributed by atoms with Gasteiger partial charge in [0.05, 0.1) is 0 Å². The highest BCUT2D eigenvalue weighted by molar-refractivity contribution is 6.31. The van der Waals surface area contributed by atoms with E-state index < -0.39 is 0 Å². The van der Waals surface area contributed by atoms with Crippen LogP contribution in [0.5, 0.6) is 0 Å². The summed E-state index contributed by atoms with van der Waals surface area (Å²) in [5.74, 6) is -0.365. The summed E-state index contributed by atoms with van der Waals surface area (Å²) in [6.07, 6.45) is 0.917. The van der Waals surface area contributed by atoms with Gasteiger partial charge in [-0.25, -0.2) is 0 Å². The van der Waals surface area contributed by atoms with Gasteiger partial charge in [-0.3, -0.25) is 9.59 Å². The van der Waals surface area contributed by atoms with Crippen LogP contribution in [-0.4, -0.2) is 11.8 Å². The molecule has 1 atom stereocenters. The molecular formula is C32H28Cl2N2O2. The van der Waals surface area contributed by atoms with E-state index >= 15 is 0 Å². The van der Waals surface area contributed by atoms with E-state index in [1.807, 2.05) is 18.2 Å². The molecule has 0 saturated carbocycles. The van der Waals surface area contributed by atoms with Crippen LogP contribution in [0.3, 0.4) is 0 Å². The lowest BCUT2D eigenvalue weighted by atomic mass is 9.75. The lowest BCUT2D eigenvalue weighted by Gasteiger charge is -2.29. The van der Waals surface area contributed by atoms with Crippen molar-refractivity contribution in [3.05, 3.63) is 129 Å². The second-order valence-corrected chi connectivity index (χ2v) is 11.5. The molecule has 2 N–H and O–H groups in total. The number of amides is 2. The molecule has 4 nitrogen and oxygen atoms in total. The molecule has 4 aromatic carbocycles. The van der Waals surface area contributed by atoms with Gasteiger partial charge in [0.25, 0.3) is 11.8 Å². The highest BCUT2D eigenvalue weighted by atomic mass is 35.5. The van der Waals surface area contributed by atoms with E-state index in [2.05, 4.69) is 55.7 Å². The second-order valence-electron chi connectivity index (χ2n) is 10.7. The van der Waals surface area contributed by atoms with Crippen molar-refractivity contribution < 1.29 is 9.59 Å². The topological polar surface area (TPSA) is 58.2 Å². The molecular weight excluding hydrogens is 515 g/mol. The molecule has 0 radical (unpaired) electrons. The number of rotatable bonds is 5. The molecule has 0 heterocycles. The molecule has 192 valence electrons. The standard InChI is InChI=1S/C32H28Cl2N2O2/c1-31(2)19-32(3,22-8-14-25(15-9-22)35-29(37)20-4-10-23(33)11-5-20)28-18-26(16-17-27(28)31)36-30(38)21-6-12-24(34)13-7-21/h4-18H,19H2,1-3H3,(H,35,37)(H,36,38). The van der Waals surface area contributed by atoms with Gasteiger partial charge in [0.1, 0.15) is 0 Å². The molecule has 0 fully saturated rings. The summed E-state index contributed by atoms with van der Waals surface area (Å²) >= 11 is 11.9. The molecule has 0 saturated heterocycles. The van der Waals surface area contributed by atoms with Crippen molar-refractivity contribution in [3.63, 3.8) is 0 Å². The minimum absolute atomic E-state index is 0.0374. The Kier molecular flexibility index (Phi) is 6.81. The zero-order valence-corrected chi connectivity index (χ0v) is 23.0. The molecule has 1 aliphatic carbocycles. The van der Waals surface area contributed by atoms with Crippen LogP contribution in [0.4, 0.5) is 11.4 Å². The van der Waals surface area contributed by atoms with Gasteiger partial charge in [0.2, 0.25) is 0 Å². The van der Waals surface area contributed by atoms with Crippen molar-refractivity contribution in [2.24, 2.45) is 0 Å². The van der Waals surface area contributed by atoms with Crippen LogP contribution < -0.4 is 10.6 Å². The largest absolute Gasteiger partial charge is 0.322 e. The minimum atomic E-state index is -0.265. The van der Waals surface area contributed by atoms with E-state index in [9.17, 15) is 9.59 Å².